The molecule has 1 aliphatic heterocycles. The molecule has 2 fully saturated rings. The van der Waals surface area contributed by atoms with Crippen LogP contribution in [0.3, 0.4) is 0 Å². The molecule has 0 aromatic heterocycles. The summed E-state index contributed by atoms with van der Waals surface area (Å²) in [4.78, 5) is 2.66. The van der Waals surface area contributed by atoms with Crippen LogP contribution in [0.25, 0.3) is 0 Å². The van der Waals surface area contributed by atoms with E-state index in [2.05, 4.69) is 18.7 Å². The lowest BCUT2D eigenvalue weighted by atomic mass is 9.70. The van der Waals surface area contributed by atoms with Crippen molar-refractivity contribution in [3.05, 3.63) is 0 Å². The number of unbranched alkanes of at least 4 members (excludes halogenated alkanes) is 2. The van der Waals surface area contributed by atoms with Gasteiger partial charge in [0.25, 0.3) is 0 Å². The summed E-state index contributed by atoms with van der Waals surface area (Å²) in [7, 11) is 0. The van der Waals surface area contributed by atoms with Crippen molar-refractivity contribution in [3.63, 3.8) is 0 Å². The minimum absolute atomic E-state index is 1.02. The van der Waals surface area contributed by atoms with Crippen LogP contribution in [0.2, 0.25) is 0 Å². The molecule has 0 N–H and O–H groups in total. The summed E-state index contributed by atoms with van der Waals surface area (Å²) in [5, 5.41) is 0. The van der Waals surface area contributed by atoms with E-state index in [0.29, 0.717) is 0 Å². The molecule has 0 aromatic rings. The second kappa shape index (κ2) is 7.53. The van der Waals surface area contributed by atoms with Gasteiger partial charge in [-0.2, -0.15) is 0 Å². The molecular weight excluding hydrogens is 218 g/mol. The third-order valence-corrected chi connectivity index (χ3v) is 5.25. The lowest BCUT2D eigenvalue weighted by molar-refractivity contribution is 0.0874. The quantitative estimate of drug-likeness (QED) is 0.536. The summed E-state index contributed by atoms with van der Waals surface area (Å²) < 4.78 is 0. The van der Waals surface area contributed by atoms with Crippen LogP contribution >= 0.6 is 0 Å². The molecule has 0 unspecified atom stereocenters. The summed E-state index contributed by atoms with van der Waals surface area (Å²) in [5.41, 5.74) is 0. The molecule has 1 saturated carbocycles. The predicted molar refractivity (Wildman–Crippen MR) is 79.8 cm³/mol. The van der Waals surface area contributed by atoms with Crippen LogP contribution in [0, 0.1) is 17.8 Å². The summed E-state index contributed by atoms with van der Waals surface area (Å²) in [6.07, 6.45) is 13.3. The van der Waals surface area contributed by atoms with Gasteiger partial charge in [-0.05, 0) is 50.0 Å². The van der Waals surface area contributed by atoms with E-state index in [4.69, 9.17) is 0 Å². The Labute approximate surface area is 114 Å². The molecule has 18 heavy (non-hydrogen) atoms. The van der Waals surface area contributed by atoms with E-state index < -0.39 is 0 Å². The molecule has 2 rings (SSSR count). The van der Waals surface area contributed by atoms with Gasteiger partial charge in [0.1, 0.15) is 0 Å². The first-order chi connectivity index (χ1) is 8.81. The van der Waals surface area contributed by atoms with Crippen molar-refractivity contribution in [2.75, 3.05) is 19.6 Å². The lowest BCUT2D eigenvalue weighted by Gasteiger charge is -2.40. The largest absolute Gasteiger partial charge is 0.303 e. The zero-order valence-electron chi connectivity index (χ0n) is 12.7. The highest BCUT2D eigenvalue weighted by Gasteiger charge is 2.29. The molecule has 0 bridgehead atoms. The molecule has 106 valence electrons. The predicted octanol–water partition coefficient (Wildman–Crippen LogP) is 4.71. The van der Waals surface area contributed by atoms with Crippen molar-refractivity contribution in [2.45, 2.75) is 71.6 Å². The Morgan fingerprint density at radius 3 is 2.11 bits per heavy atom. The first-order valence-electron chi connectivity index (χ1n) is 8.54. The Kier molecular flexibility index (Phi) is 6.01. The van der Waals surface area contributed by atoms with Crippen LogP contribution < -0.4 is 0 Å². The van der Waals surface area contributed by atoms with Crippen LogP contribution in [-0.2, 0) is 0 Å². The Morgan fingerprint density at radius 1 is 0.833 bits per heavy atom. The number of nitrogens with zero attached hydrogens (tertiary/aromatic N) is 1. The number of hydrogen-bond donors (Lipinski definition) is 0. The van der Waals surface area contributed by atoms with E-state index in [1.54, 1.807) is 12.8 Å². The van der Waals surface area contributed by atoms with Crippen LogP contribution in [0.5, 0.6) is 0 Å². The Bertz CT molecular complexity index is 214. The first kappa shape index (κ1) is 14.4. The maximum absolute atomic E-state index is 2.66. The van der Waals surface area contributed by atoms with Crippen molar-refractivity contribution in [3.8, 4) is 0 Å². The molecule has 2 aliphatic rings. The molecule has 0 radical (unpaired) electrons. The minimum atomic E-state index is 1.02. The molecule has 1 saturated heterocycles. The van der Waals surface area contributed by atoms with E-state index in [1.165, 1.54) is 64.6 Å². The lowest BCUT2D eigenvalue weighted by Crippen LogP contribution is -2.46. The molecule has 1 heteroatoms. The minimum Gasteiger partial charge on any atom is -0.303 e. The maximum atomic E-state index is 2.66. The Hall–Kier alpha value is -0.0400. The summed E-state index contributed by atoms with van der Waals surface area (Å²) in [6, 6.07) is 0. The zero-order chi connectivity index (χ0) is 12.8. The van der Waals surface area contributed by atoms with E-state index in [1.807, 2.05) is 0 Å². The molecule has 0 amide bonds. The standard InChI is InChI=1S/C17H33N/c1-3-5-6-8-16-11-17(12-16)9-7-10-18-13-15(4-2)14-18/h15-17H,3-14H2,1-2H3. The van der Waals surface area contributed by atoms with Crippen LogP contribution in [0.1, 0.15) is 71.6 Å². The average Bonchev–Trinajstić information content (AvgIpc) is 2.27. The second-order valence-corrected chi connectivity index (χ2v) is 6.88. The summed E-state index contributed by atoms with van der Waals surface area (Å²) >= 11 is 0. The van der Waals surface area contributed by atoms with Gasteiger partial charge in [-0.3, -0.25) is 0 Å². The van der Waals surface area contributed by atoms with Gasteiger partial charge in [0.15, 0.2) is 0 Å². The normalized spacial score (nSPS) is 29.0. The molecular formula is C17H33N. The van der Waals surface area contributed by atoms with Gasteiger partial charge in [0.05, 0.1) is 0 Å². The molecule has 0 aromatic carbocycles. The number of hydrogen-bond acceptors (Lipinski definition) is 1. The van der Waals surface area contributed by atoms with E-state index in [9.17, 15) is 0 Å². The third-order valence-electron chi connectivity index (χ3n) is 5.25. The Morgan fingerprint density at radius 2 is 1.50 bits per heavy atom. The highest BCUT2D eigenvalue weighted by Crippen LogP contribution is 2.40. The first-order valence-corrected chi connectivity index (χ1v) is 8.54. The smallest absolute Gasteiger partial charge is 0.00219 e. The van der Waals surface area contributed by atoms with E-state index >= 15 is 0 Å². The topological polar surface area (TPSA) is 3.24 Å². The molecule has 0 spiro atoms. The van der Waals surface area contributed by atoms with Gasteiger partial charge < -0.3 is 4.90 Å². The second-order valence-electron chi connectivity index (χ2n) is 6.88. The van der Waals surface area contributed by atoms with Gasteiger partial charge in [-0.15, -0.1) is 0 Å². The van der Waals surface area contributed by atoms with Crippen LogP contribution in [-0.4, -0.2) is 24.5 Å². The Balaban J connectivity index is 1.39. The molecule has 1 aliphatic carbocycles. The molecule has 0 atom stereocenters. The van der Waals surface area contributed by atoms with Crippen LogP contribution in [0.15, 0.2) is 0 Å². The van der Waals surface area contributed by atoms with Crippen molar-refractivity contribution in [1.29, 1.82) is 0 Å². The van der Waals surface area contributed by atoms with Gasteiger partial charge >= 0.3 is 0 Å². The zero-order valence-corrected chi connectivity index (χ0v) is 12.7. The van der Waals surface area contributed by atoms with Crippen LogP contribution in [0.4, 0.5) is 0 Å². The van der Waals surface area contributed by atoms with Gasteiger partial charge in [0, 0.05) is 13.1 Å². The maximum Gasteiger partial charge on any atom is 0.00219 e. The fourth-order valence-corrected chi connectivity index (χ4v) is 3.75. The average molecular weight is 251 g/mol. The van der Waals surface area contributed by atoms with Crippen molar-refractivity contribution >= 4 is 0 Å². The van der Waals surface area contributed by atoms with Gasteiger partial charge in [-0.25, -0.2) is 0 Å². The third kappa shape index (κ3) is 4.26. The van der Waals surface area contributed by atoms with Gasteiger partial charge in [0.2, 0.25) is 0 Å². The fourth-order valence-electron chi connectivity index (χ4n) is 3.75. The summed E-state index contributed by atoms with van der Waals surface area (Å²) in [5.74, 6) is 3.23. The van der Waals surface area contributed by atoms with E-state index in [-0.39, 0.29) is 0 Å². The highest BCUT2D eigenvalue weighted by atomic mass is 15.2. The monoisotopic (exact) mass is 251 g/mol. The van der Waals surface area contributed by atoms with E-state index in [0.717, 1.165) is 17.8 Å². The number of likely N-dealkylation sites (tertiary alicyclic amines) is 1. The van der Waals surface area contributed by atoms with Crippen molar-refractivity contribution in [1.82, 2.24) is 4.90 Å². The van der Waals surface area contributed by atoms with Crippen molar-refractivity contribution < 1.29 is 0 Å². The SMILES string of the molecule is CCCCCC1CC(CCCN2CC(CC)C2)C1. The fraction of sp³-hybridized carbons (Fsp3) is 1.00. The van der Waals surface area contributed by atoms with Crippen molar-refractivity contribution in [2.24, 2.45) is 17.8 Å². The number of rotatable bonds is 9. The summed E-state index contributed by atoms with van der Waals surface area (Å²) in [6.45, 7) is 8.80. The molecule has 1 nitrogen and oxygen atoms in total. The molecule has 1 heterocycles. The highest BCUT2D eigenvalue weighted by molar-refractivity contribution is 4.81. The van der Waals surface area contributed by atoms with Gasteiger partial charge in [-0.1, -0.05) is 46.0 Å².